The van der Waals surface area contributed by atoms with E-state index in [0.29, 0.717) is 6.42 Å². The molecular weight excluding hydrogens is 213 g/mol. The Balaban J connectivity index is 3.06. The molecule has 0 aliphatic carbocycles. The summed E-state index contributed by atoms with van der Waals surface area (Å²) in [6.45, 7) is 5.96. The van der Waals surface area contributed by atoms with Crippen LogP contribution in [-0.2, 0) is 6.42 Å². The Morgan fingerprint density at radius 1 is 1.00 bits per heavy atom. The lowest BCUT2D eigenvalue weighted by molar-refractivity contribution is 0.287. The van der Waals surface area contributed by atoms with Crippen molar-refractivity contribution < 1.29 is 13.2 Å². The summed E-state index contributed by atoms with van der Waals surface area (Å²) in [4.78, 5) is 0. The molecule has 0 spiro atoms. The van der Waals surface area contributed by atoms with Gasteiger partial charge in [-0.3, -0.25) is 0 Å². The smallest absolute Gasteiger partial charge is 0.132 e. The monoisotopic (exact) mass is 230 g/mol. The second-order valence-corrected chi connectivity index (χ2v) is 4.54. The van der Waals surface area contributed by atoms with Gasteiger partial charge in [0.2, 0.25) is 0 Å². The fourth-order valence-corrected chi connectivity index (χ4v) is 1.67. The molecule has 0 saturated carbocycles. The third-order valence-electron chi connectivity index (χ3n) is 3.42. The van der Waals surface area contributed by atoms with Crippen molar-refractivity contribution in [2.75, 3.05) is 0 Å². The van der Waals surface area contributed by atoms with Gasteiger partial charge in [-0.25, -0.2) is 13.2 Å². The summed E-state index contributed by atoms with van der Waals surface area (Å²) in [7, 11) is 0. The SMILES string of the molecule is CCC(C)(CC)Cc1c(F)cc(F)cc1F. The first-order chi connectivity index (χ1) is 7.41. The molecule has 0 N–H and O–H groups in total. The molecule has 16 heavy (non-hydrogen) atoms. The highest BCUT2D eigenvalue weighted by atomic mass is 19.1. The second-order valence-electron chi connectivity index (χ2n) is 4.54. The first kappa shape index (κ1) is 13.1. The van der Waals surface area contributed by atoms with Crippen molar-refractivity contribution in [3.8, 4) is 0 Å². The van der Waals surface area contributed by atoms with Crippen LogP contribution in [0.4, 0.5) is 13.2 Å². The van der Waals surface area contributed by atoms with Crippen molar-refractivity contribution in [3.05, 3.63) is 35.1 Å². The van der Waals surface area contributed by atoms with Gasteiger partial charge in [-0.05, 0) is 11.8 Å². The van der Waals surface area contributed by atoms with Gasteiger partial charge in [-0.15, -0.1) is 0 Å². The minimum Gasteiger partial charge on any atom is -0.207 e. The van der Waals surface area contributed by atoms with Crippen LogP contribution in [0.25, 0.3) is 0 Å². The number of hydrogen-bond acceptors (Lipinski definition) is 0. The second kappa shape index (κ2) is 4.89. The van der Waals surface area contributed by atoms with E-state index in [9.17, 15) is 13.2 Å². The lowest BCUT2D eigenvalue weighted by Gasteiger charge is -2.27. The van der Waals surface area contributed by atoms with Gasteiger partial charge < -0.3 is 0 Å². The summed E-state index contributed by atoms with van der Waals surface area (Å²) in [5.74, 6) is -2.44. The normalized spacial score (nSPS) is 11.9. The summed E-state index contributed by atoms with van der Waals surface area (Å²) in [6, 6.07) is 1.48. The third kappa shape index (κ3) is 2.77. The lowest BCUT2D eigenvalue weighted by Crippen LogP contribution is -2.19. The maximum Gasteiger partial charge on any atom is 0.132 e. The molecular formula is C13H17F3. The summed E-state index contributed by atoms with van der Waals surface area (Å²) in [6.07, 6.45) is 1.97. The van der Waals surface area contributed by atoms with Crippen LogP contribution in [0.3, 0.4) is 0 Å². The maximum absolute atomic E-state index is 13.4. The number of benzene rings is 1. The Kier molecular flexibility index (Phi) is 4.00. The summed E-state index contributed by atoms with van der Waals surface area (Å²) >= 11 is 0. The van der Waals surface area contributed by atoms with Gasteiger partial charge in [-0.2, -0.15) is 0 Å². The Morgan fingerprint density at radius 3 is 1.81 bits per heavy atom. The molecule has 1 aromatic carbocycles. The van der Waals surface area contributed by atoms with E-state index >= 15 is 0 Å². The number of hydrogen-bond donors (Lipinski definition) is 0. The molecule has 0 fully saturated rings. The van der Waals surface area contributed by atoms with Crippen molar-refractivity contribution in [1.29, 1.82) is 0 Å². The van der Waals surface area contributed by atoms with Crippen molar-refractivity contribution >= 4 is 0 Å². The fraction of sp³-hybridized carbons (Fsp3) is 0.538. The van der Waals surface area contributed by atoms with Gasteiger partial charge in [0.25, 0.3) is 0 Å². The Morgan fingerprint density at radius 2 is 1.44 bits per heavy atom. The zero-order valence-corrected chi connectivity index (χ0v) is 9.91. The Bertz CT molecular complexity index is 344. The van der Waals surface area contributed by atoms with Crippen LogP contribution >= 0.6 is 0 Å². The van der Waals surface area contributed by atoms with Crippen molar-refractivity contribution in [2.45, 2.75) is 40.0 Å². The Labute approximate surface area is 94.5 Å². The van der Waals surface area contributed by atoms with E-state index in [-0.39, 0.29) is 11.0 Å². The van der Waals surface area contributed by atoms with Crippen molar-refractivity contribution in [2.24, 2.45) is 5.41 Å². The molecule has 0 unspecified atom stereocenters. The molecule has 3 heteroatoms. The average Bonchev–Trinajstić information content (AvgIpc) is 2.23. The molecule has 0 heterocycles. The van der Waals surface area contributed by atoms with Crippen LogP contribution < -0.4 is 0 Å². The van der Waals surface area contributed by atoms with Gasteiger partial charge >= 0.3 is 0 Å². The highest BCUT2D eigenvalue weighted by Crippen LogP contribution is 2.32. The largest absolute Gasteiger partial charge is 0.207 e. The fourth-order valence-electron chi connectivity index (χ4n) is 1.67. The van der Waals surface area contributed by atoms with Gasteiger partial charge in [0.1, 0.15) is 17.5 Å². The van der Waals surface area contributed by atoms with Crippen LogP contribution in [0, 0.1) is 22.9 Å². The van der Waals surface area contributed by atoms with E-state index in [0.717, 1.165) is 25.0 Å². The van der Waals surface area contributed by atoms with E-state index in [1.807, 2.05) is 20.8 Å². The molecule has 0 aliphatic rings. The zero-order valence-electron chi connectivity index (χ0n) is 9.91. The number of rotatable bonds is 4. The molecule has 1 aromatic rings. The summed E-state index contributed by atoms with van der Waals surface area (Å²) < 4.78 is 39.6. The van der Waals surface area contributed by atoms with E-state index in [2.05, 4.69) is 0 Å². The molecule has 0 atom stereocenters. The molecule has 0 aromatic heterocycles. The van der Waals surface area contributed by atoms with Crippen LogP contribution in [0.2, 0.25) is 0 Å². The van der Waals surface area contributed by atoms with Gasteiger partial charge in [-0.1, -0.05) is 33.6 Å². The Hall–Kier alpha value is -0.990. The van der Waals surface area contributed by atoms with Crippen LogP contribution in [0.5, 0.6) is 0 Å². The minimum atomic E-state index is -0.867. The first-order valence-electron chi connectivity index (χ1n) is 5.55. The molecule has 90 valence electrons. The standard InChI is InChI=1S/C13H17F3/c1-4-13(3,5-2)8-10-11(15)6-9(14)7-12(10)16/h6-7H,4-5,8H2,1-3H3. The van der Waals surface area contributed by atoms with Crippen LogP contribution in [0.1, 0.15) is 39.2 Å². The first-order valence-corrected chi connectivity index (χ1v) is 5.55. The molecule has 0 bridgehead atoms. The highest BCUT2D eigenvalue weighted by Gasteiger charge is 2.24. The lowest BCUT2D eigenvalue weighted by atomic mass is 9.79. The molecule has 0 amide bonds. The highest BCUT2D eigenvalue weighted by molar-refractivity contribution is 5.22. The van der Waals surface area contributed by atoms with Gasteiger partial charge in [0.15, 0.2) is 0 Å². The van der Waals surface area contributed by atoms with Gasteiger partial charge in [0, 0.05) is 17.7 Å². The third-order valence-corrected chi connectivity index (χ3v) is 3.42. The molecule has 0 saturated heterocycles. The van der Waals surface area contributed by atoms with Crippen molar-refractivity contribution in [1.82, 2.24) is 0 Å². The molecule has 0 aliphatic heterocycles. The quantitative estimate of drug-likeness (QED) is 0.715. The summed E-state index contributed by atoms with van der Waals surface area (Å²) in [5.41, 5.74) is -0.146. The van der Waals surface area contributed by atoms with E-state index in [4.69, 9.17) is 0 Å². The summed E-state index contributed by atoms with van der Waals surface area (Å²) in [5, 5.41) is 0. The average molecular weight is 230 g/mol. The zero-order chi connectivity index (χ0) is 12.3. The molecule has 0 radical (unpaired) electrons. The molecule has 1 rings (SSSR count). The van der Waals surface area contributed by atoms with Crippen LogP contribution in [-0.4, -0.2) is 0 Å². The van der Waals surface area contributed by atoms with E-state index in [1.165, 1.54) is 0 Å². The van der Waals surface area contributed by atoms with E-state index < -0.39 is 17.5 Å². The van der Waals surface area contributed by atoms with Crippen molar-refractivity contribution in [3.63, 3.8) is 0 Å². The minimum absolute atomic E-state index is 0.00685. The number of halogens is 3. The predicted octanol–water partition coefficient (Wildman–Crippen LogP) is 4.47. The predicted molar refractivity (Wildman–Crippen MR) is 58.7 cm³/mol. The molecule has 0 nitrogen and oxygen atoms in total. The van der Waals surface area contributed by atoms with E-state index in [1.54, 1.807) is 0 Å². The van der Waals surface area contributed by atoms with Gasteiger partial charge in [0.05, 0.1) is 0 Å². The maximum atomic E-state index is 13.4. The topological polar surface area (TPSA) is 0 Å². The van der Waals surface area contributed by atoms with Crippen LogP contribution in [0.15, 0.2) is 12.1 Å².